The summed E-state index contributed by atoms with van der Waals surface area (Å²) >= 11 is 0. The van der Waals surface area contributed by atoms with Crippen LogP contribution >= 0.6 is 15.6 Å². The van der Waals surface area contributed by atoms with Crippen LogP contribution < -0.4 is 0 Å². The van der Waals surface area contributed by atoms with E-state index in [0.29, 0.717) is 25.7 Å². The van der Waals surface area contributed by atoms with E-state index in [0.717, 1.165) is 95.8 Å². The molecule has 19 heteroatoms. The zero-order chi connectivity index (χ0) is 73.4. The van der Waals surface area contributed by atoms with Gasteiger partial charge >= 0.3 is 39.5 Å². The first-order chi connectivity index (χ1) is 48.5. The Bertz CT molecular complexity index is 1910. The summed E-state index contributed by atoms with van der Waals surface area (Å²) in [4.78, 5) is 73.0. The second-order valence-corrected chi connectivity index (χ2v) is 32.5. The molecule has 100 heavy (non-hydrogen) atoms. The fraction of sp³-hybridized carbons (Fsp3) is 0.951. The van der Waals surface area contributed by atoms with Gasteiger partial charge in [-0.1, -0.05) is 381 Å². The Kier molecular flexibility index (Phi) is 72.5. The number of carbonyl (C=O) groups excluding carboxylic acids is 4. The van der Waals surface area contributed by atoms with Crippen molar-refractivity contribution in [3.05, 3.63) is 0 Å². The van der Waals surface area contributed by atoms with E-state index in [1.54, 1.807) is 0 Å². The Morgan fingerprint density at radius 1 is 0.270 bits per heavy atom. The van der Waals surface area contributed by atoms with Gasteiger partial charge in [0.1, 0.15) is 19.3 Å². The van der Waals surface area contributed by atoms with E-state index in [9.17, 15) is 43.2 Å². The number of carbonyl (C=O) groups is 4. The van der Waals surface area contributed by atoms with Crippen molar-refractivity contribution in [2.75, 3.05) is 39.6 Å². The van der Waals surface area contributed by atoms with Gasteiger partial charge < -0.3 is 33.8 Å². The number of aliphatic hydroxyl groups excluding tert-OH is 1. The average molecular weight is 1470 g/mol. The van der Waals surface area contributed by atoms with Gasteiger partial charge in [-0.05, 0) is 31.6 Å². The SMILES string of the molecule is CCCCCCCCCCCCCCCCCCCCCC(=O)O[C@H](COC(=O)CCCCCCCCCCCCCCCC(C)C)COP(=O)(O)OC[C@@H](O)COP(=O)(O)OC[C@@H](COC(=O)CCCCCCCCCCC)OC(=O)CCCCCCCCCCCCCCCCCC. The lowest BCUT2D eigenvalue weighted by Crippen LogP contribution is -2.30. The van der Waals surface area contributed by atoms with Crippen molar-refractivity contribution in [3.8, 4) is 0 Å². The molecule has 0 aromatic heterocycles. The van der Waals surface area contributed by atoms with Crippen molar-refractivity contribution in [1.82, 2.24) is 0 Å². The summed E-state index contributed by atoms with van der Waals surface area (Å²) < 4.78 is 68.7. The number of hydrogen-bond donors (Lipinski definition) is 3. The van der Waals surface area contributed by atoms with Crippen molar-refractivity contribution in [2.24, 2.45) is 5.92 Å². The van der Waals surface area contributed by atoms with E-state index in [2.05, 4.69) is 34.6 Å². The number of ether oxygens (including phenoxy) is 4. The summed E-state index contributed by atoms with van der Waals surface area (Å²) in [6.45, 7) is 7.34. The van der Waals surface area contributed by atoms with Crippen LogP contribution in [0.1, 0.15) is 433 Å². The van der Waals surface area contributed by atoms with Crippen LogP contribution in [0.5, 0.6) is 0 Å². The molecule has 0 saturated carbocycles. The average Bonchev–Trinajstić information content (AvgIpc) is 0.983. The Morgan fingerprint density at radius 2 is 0.460 bits per heavy atom. The van der Waals surface area contributed by atoms with Crippen LogP contribution in [0.4, 0.5) is 0 Å². The molecule has 0 rings (SSSR count). The van der Waals surface area contributed by atoms with E-state index in [1.165, 1.54) is 257 Å². The van der Waals surface area contributed by atoms with Crippen molar-refractivity contribution < 1.29 is 80.2 Å². The van der Waals surface area contributed by atoms with Crippen LogP contribution in [0, 0.1) is 5.92 Å². The molecule has 0 heterocycles. The monoisotopic (exact) mass is 1470 g/mol. The number of aliphatic hydroxyl groups is 1. The lowest BCUT2D eigenvalue weighted by molar-refractivity contribution is -0.161. The Labute approximate surface area is 613 Å². The maximum absolute atomic E-state index is 13.1. The highest BCUT2D eigenvalue weighted by Crippen LogP contribution is 2.45. The molecule has 17 nitrogen and oxygen atoms in total. The number of phosphoric acid groups is 2. The quantitative estimate of drug-likeness (QED) is 0.0222. The first-order valence-corrected chi connectivity index (χ1v) is 45.1. The molecule has 0 radical (unpaired) electrons. The minimum Gasteiger partial charge on any atom is -0.462 e. The highest BCUT2D eigenvalue weighted by atomic mass is 31.2. The maximum atomic E-state index is 13.1. The molecule has 3 N–H and O–H groups in total. The Balaban J connectivity index is 5.22. The lowest BCUT2D eigenvalue weighted by Gasteiger charge is -2.21. The van der Waals surface area contributed by atoms with Crippen LogP contribution in [-0.4, -0.2) is 96.7 Å². The van der Waals surface area contributed by atoms with Crippen LogP contribution in [-0.2, 0) is 65.4 Å². The molecule has 0 aromatic rings. The van der Waals surface area contributed by atoms with E-state index < -0.39 is 97.5 Å². The summed E-state index contributed by atoms with van der Waals surface area (Å²) in [5.74, 6) is -1.32. The molecule has 594 valence electrons. The zero-order valence-corrected chi connectivity index (χ0v) is 67.1. The molecule has 0 spiro atoms. The van der Waals surface area contributed by atoms with Crippen LogP contribution in [0.2, 0.25) is 0 Å². The van der Waals surface area contributed by atoms with Crippen molar-refractivity contribution in [3.63, 3.8) is 0 Å². The molecule has 0 aliphatic heterocycles. The number of unbranched alkanes of at least 4 members (excludes halogenated alkanes) is 53. The highest BCUT2D eigenvalue weighted by molar-refractivity contribution is 7.47. The first-order valence-electron chi connectivity index (χ1n) is 42.1. The van der Waals surface area contributed by atoms with Gasteiger partial charge in [-0.2, -0.15) is 0 Å². The topological polar surface area (TPSA) is 237 Å². The summed E-state index contributed by atoms with van der Waals surface area (Å²) in [6.07, 6.45) is 65.2. The minimum atomic E-state index is -4.96. The smallest absolute Gasteiger partial charge is 0.462 e. The fourth-order valence-corrected chi connectivity index (χ4v) is 14.2. The van der Waals surface area contributed by atoms with Gasteiger partial charge in [0.05, 0.1) is 26.4 Å². The largest absolute Gasteiger partial charge is 0.472 e. The van der Waals surface area contributed by atoms with Gasteiger partial charge in [0.15, 0.2) is 12.2 Å². The van der Waals surface area contributed by atoms with Gasteiger partial charge in [0, 0.05) is 25.7 Å². The highest BCUT2D eigenvalue weighted by Gasteiger charge is 2.30. The van der Waals surface area contributed by atoms with E-state index in [1.807, 2.05) is 0 Å². The molecule has 5 atom stereocenters. The minimum absolute atomic E-state index is 0.109. The number of esters is 4. The first kappa shape index (κ1) is 98.1. The molecule has 0 aliphatic rings. The molecule has 0 aromatic carbocycles. The number of hydrogen-bond acceptors (Lipinski definition) is 15. The van der Waals surface area contributed by atoms with Crippen LogP contribution in [0.25, 0.3) is 0 Å². The van der Waals surface area contributed by atoms with Crippen molar-refractivity contribution in [1.29, 1.82) is 0 Å². The summed E-state index contributed by atoms with van der Waals surface area (Å²) in [6, 6.07) is 0. The molecular formula is C81H158O17P2. The van der Waals surface area contributed by atoms with Gasteiger partial charge in [0.2, 0.25) is 0 Å². The van der Waals surface area contributed by atoms with E-state index in [4.69, 9.17) is 37.0 Å². The number of phosphoric ester groups is 2. The molecule has 0 saturated heterocycles. The fourth-order valence-electron chi connectivity index (χ4n) is 12.6. The Morgan fingerprint density at radius 3 is 0.680 bits per heavy atom. The van der Waals surface area contributed by atoms with Gasteiger partial charge in [-0.25, -0.2) is 9.13 Å². The summed E-state index contributed by atoms with van der Waals surface area (Å²) in [7, 11) is -9.92. The maximum Gasteiger partial charge on any atom is 0.472 e. The van der Waals surface area contributed by atoms with E-state index >= 15 is 0 Å². The summed E-state index contributed by atoms with van der Waals surface area (Å²) in [5, 5.41) is 10.6. The summed E-state index contributed by atoms with van der Waals surface area (Å²) in [5.41, 5.74) is 0. The second-order valence-electron chi connectivity index (χ2n) is 29.6. The second kappa shape index (κ2) is 73.9. The predicted octanol–water partition coefficient (Wildman–Crippen LogP) is 24.4. The van der Waals surface area contributed by atoms with Crippen molar-refractivity contribution >= 4 is 39.5 Å². The van der Waals surface area contributed by atoms with Gasteiger partial charge in [-0.15, -0.1) is 0 Å². The van der Waals surface area contributed by atoms with E-state index in [-0.39, 0.29) is 25.7 Å². The predicted molar refractivity (Wildman–Crippen MR) is 409 cm³/mol. The van der Waals surface area contributed by atoms with Gasteiger partial charge in [0.25, 0.3) is 0 Å². The normalized spacial score (nSPS) is 13.8. The lowest BCUT2D eigenvalue weighted by atomic mass is 10.0. The van der Waals surface area contributed by atoms with Crippen molar-refractivity contribution in [2.45, 2.75) is 451 Å². The molecule has 0 fully saturated rings. The standard InChI is InChI=1S/C81H158O17P2/c1-6-9-12-15-18-21-23-25-27-29-30-31-33-37-42-47-52-57-62-67-81(86)98-77(71-92-79(84)65-60-55-50-45-40-38-34-35-39-44-48-53-58-63-74(4)5)73-96-100(89,90)94-69-75(82)68-93-99(87,88)95-72-76(70-91-78(83)64-59-54-49-43-20-17-14-11-8-3)97-80(85)66-61-56-51-46-41-36-32-28-26-24-22-19-16-13-10-7-2/h74-77,82H,6-73H2,1-5H3,(H,87,88)(H,89,90)/t75-,76+,77+/m0/s1. The third kappa shape index (κ3) is 74.3. The number of rotatable bonds is 81. The third-order valence-corrected chi connectivity index (χ3v) is 20.9. The third-order valence-electron chi connectivity index (χ3n) is 19.0. The molecular weight excluding hydrogens is 1310 g/mol. The zero-order valence-electron chi connectivity index (χ0n) is 65.3. The Hall–Kier alpha value is -1.94. The molecule has 0 amide bonds. The van der Waals surface area contributed by atoms with Gasteiger partial charge in [-0.3, -0.25) is 37.3 Å². The molecule has 2 unspecified atom stereocenters. The van der Waals surface area contributed by atoms with Crippen LogP contribution in [0.15, 0.2) is 0 Å². The molecule has 0 aliphatic carbocycles. The molecule has 0 bridgehead atoms. The van der Waals surface area contributed by atoms with Crippen LogP contribution in [0.3, 0.4) is 0 Å².